The van der Waals surface area contributed by atoms with Crippen LogP contribution in [0.1, 0.15) is 5.56 Å². The molecule has 1 aromatic heterocycles. The number of carboxylic acids is 1. The third-order valence-corrected chi connectivity index (χ3v) is 2.98. The van der Waals surface area contributed by atoms with Crippen molar-refractivity contribution in [3.8, 4) is 0 Å². The van der Waals surface area contributed by atoms with E-state index in [1.54, 1.807) is 0 Å². The number of halogens is 3. The van der Waals surface area contributed by atoms with Gasteiger partial charge in [0.2, 0.25) is 0 Å². The van der Waals surface area contributed by atoms with Gasteiger partial charge in [0.25, 0.3) is 0 Å². The zero-order chi connectivity index (χ0) is 13.1. The van der Waals surface area contributed by atoms with E-state index in [4.69, 9.17) is 10.8 Å². The van der Waals surface area contributed by atoms with E-state index in [9.17, 15) is 18.0 Å². The number of carboxylic acid groups (broad SMARTS) is 1. The summed E-state index contributed by atoms with van der Waals surface area (Å²) in [5, 5.41) is 7.98. The van der Waals surface area contributed by atoms with Crippen LogP contribution in [0.5, 0.6) is 0 Å². The molecule has 17 heavy (non-hydrogen) atoms. The average Bonchev–Trinajstić information content (AvgIpc) is 2.25. The highest BCUT2D eigenvalue weighted by Crippen LogP contribution is 2.30. The molecule has 0 amide bonds. The number of hydrogen-bond donors (Lipinski definition) is 2. The first kappa shape index (κ1) is 13.8. The van der Waals surface area contributed by atoms with E-state index in [1.807, 2.05) is 0 Å². The minimum absolute atomic E-state index is 0.122. The van der Waals surface area contributed by atoms with E-state index in [0.29, 0.717) is 6.20 Å². The van der Waals surface area contributed by atoms with Crippen molar-refractivity contribution >= 4 is 17.7 Å². The van der Waals surface area contributed by atoms with Crippen molar-refractivity contribution in [2.75, 3.05) is 6.54 Å². The molecule has 1 rings (SSSR count). The first-order chi connectivity index (χ1) is 7.84. The van der Waals surface area contributed by atoms with Gasteiger partial charge in [0, 0.05) is 12.7 Å². The van der Waals surface area contributed by atoms with Crippen molar-refractivity contribution in [1.82, 2.24) is 4.98 Å². The van der Waals surface area contributed by atoms with Gasteiger partial charge in [0.15, 0.2) is 0 Å². The molecule has 1 heterocycles. The predicted octanol–water partition coefficient (Wildman–Crippen LogP) is 1.60. The number of hydrogen-bond acceptors (Lipinski definition) is 4. The van der Waals surface area contributed by atoms with Crippen molar-refractivity contribution in [1.29, 1.82) is 0 Å². The van der Waals surface area contributed by atoms with Crippen LogP contribution in [0.25, 0.3) is 0 Å². The molecule has 0 spiro atoms. The lowest BCUT2D eigenvalue weighted by molar-refractivity contribution is -0.138. The molecule has 0 aliphatic rings. The lowest BCUT2D eigenvalue weighted by Crippen LogP contribution is -2.25. The Bertz CT molecular complexity index is 394. The summed E-state index contributed by atoms with van der Waals surface area (Å²) >= 11 is 0.813. The van der Waals surface area contributed by atoms with Gasteiger partial charge >= 0.3 is 12.1 Å². The number of aromatic nitrogens is 1. The standard InChI is InChI=1S/C9H9F3N2O2S/c10-9(11,12)5-1-2-7(14-4-5)17-6(3-13)8(15)16/h1-2,4,6H,3,13H2,(H,15,16). The summed E-state index contributed by atoms with van der Waals surface area (Å²) in [6.45, 7) is -0.122. The molecule has 1 aromatic rings. The van der Waals surface area contributed by atoms with Crippen molar-refractivity contribution in [3.05, 3.63) is 23.9 Å². The zero-order valence-electron chi connectivity index (χ0n) is 8.44. The smallest absolute Gasteiger partial charge is 0.417 e. The second kappa shape index (κ2) is 5.37. The second-order valence-electron chi connectivity index (χ2n) is 3.06. The third kappa shape index (κ3) is 3.90. The van der Waals surface area contributed by atoms with E-state index >= 15 is 0 Å². The van der Waals surface area contributed by atoms with Gasteiger partial charge in [0.05, 0.1) is 10.6 Å². The van der Waals surface area contributed by atoms with Crippen LogP contribution in [-0.4, -0.2) is 27.9 Å². The quantitative estimate of drug-likeness (QED) is 0.810. The lowest BCUT2D eigenvalue weighted by atomic mass is 10.3. The Morgan fingerprint density at radius 2 is 2.18 bits per heavy atom. The molecule has 4 nitrogen and oxygen atoms in total. The fourth-order valence-electron chi connectivity index (χ4n) is 0.963. The molecule has 0 radical (unpaired) electrons. The van der Waals surface area contributed by atoms with Crippen LogP contribution in [0.3, 0.4) is 0 Å². The summed E-state index contributed by atoms with van der Waals surface area (Å²) < 4.78 is 36.6. The normalized spacial score (nSPS) is 13.4. The van der Waals surface area contributed by atoms with E-state index in [-0.39, 0.29) is 11.6 Å². The number of pyridine rings is 1. The Labute approximate surface area is 99.0 Å². The molecule has 0 fully saturated rings. The highest BCUT2D eigenvalue weighted by atomic mass is 32.2. The fourth-order valence-corrected chi connectivity index (χ4v) is 1.71. The summed E-state index contributed by atoms with van der Waals surface area (Å²) in [6.07, 6.45) is -3.78. The maximum Gasteiger partial charge on any atom is 0.417 e. The number of nitrogens with two attached hydrogens (primary N) is 1. The number of thioether (sulfide) groups is 1. The van der Waals surface area contributed by atoms with Crippen LogP contribution < -0.4 is 5.73 Å². The third-order valence-electron chi connectivity index (χ3n) is 1.82. The van der Waals surface area contributed by atoms with E-state index < -0.39 is 23.0 Å². The maximum atomic E-state index is 12.2. The van der Waals surface area contributed by atoms with Gasteiger partial charge < -0.3 is 10.8 Å². The molecule has 94 valence electrons. The SMILES string of the molecule is NCC(Sc1ccc(C(F)(F)F)cn1)C(=O)O. The number of aliphatic carboxylic acids is 1. The van der Waals surface area contributed by atoms with Gasteiger partial charge in [-0.1, -0.05) is 11.8 Å². The molecule has 0 saturated carbocycles. The zero-order valence-corrected chi connectivity index (χ0v) is 9.26. The van der Waals surface area contributed by atoms with Crippen LogP contribution in [0, 0.1) is 0 Å². The molecule has 0 aliphatic heterocycles. The molecule has 3 N–H and O–H groups in total. The molecule has 8 heteroatoms. The van der Waals surface area contributed by atoms with Crippen LogP contribution in [0.15, 0.2) is 23.4 Å². The highest BCUT2D eigenvalue weighted by molar-refractivity contribution is 8.00. The molecule has 1 unspecified atom stereocenters. The first-order valence-corrected chi connectivity index (χ1v) is 5.35. The van der Waals surface area contributed by atoms with Crippen molar-refractivity contribution in [2.45, 2.75) is 16.5 Å². The second-order valence-corrected chi connectivity index (χ2v) is 4.29. The van der Waals surface area contributed by atoms with Gasteiger partial charge in [-0.25, -0.2) is 4.98 Å². The van der Waals surface area contributed by atoms with E-state index in [2.05, 4.69) is 4.98 Å². The Hall–Kier alpha value is -1.28. The summed E-state index contributed by atoms with van der Waals surface area (Å²) in [4.78, 5) is 14.2. The van der Waals surface area contributed by atoms with Crippen LogP contribution >= 0.6 is 11.8 Å². The van der Waals surface area contributed by atoms with Crippen LogP contribution in [0.4, 0.5) is 13.2 Å². The molecule has 0 aliphatic carbocycles. The first-order valence-electron chi connectivity index (χ1n) is 4.47. The van der Waals surface area contributed by atoms with E-state index in [0.717, 1.165) is 23.9 Å². The highest BCUT2D eigenvalue weighted by Gasteiger charge is 2.30. The minimum Gasteiger partial charge on any atom is -0.480 e. The van der Waals surface area contributed by atoms with Gasteiger partial charge in [-0.05, 0) is 12.1 Å². The Balaban J connectivity index is 2.78. The van der Waals surface area contributed by atoms with Gasteiger partial charge in [-0.3, -0.25) is 4.79 Å². The average molecular weight is 266 g/mol. The summed E-state index contributed by atoms with van der Waals surface area (Å²) in [7, 11) is 0. The number of alkyl halides is 3. The van der Waals surface area contributed by atoms with Crippen LogP contribution in [0.2, 0.25) is 0 Å². The van der Waals surface area contributed by atoms with Crippen molar-refractivity contribution in [2.24, 2.45) is 5.73 Å². The Kier molecular flexibility index (Phi) is 4.35. The Morgan fingerprint density at radius 3 is 2.53 bits per heavy atom. The number of rotatable bonds is 4. The van der Waals surface area contributed by atoms with E-state index in [1.165, 1.54) is 0 Å². The predicted molar refractivity (Wildman–Crippen MR) is 55.6 cm³/mol. The Morgan fingerprint density at radius 1 is 1.53 bits per heavy atom. The van der Waals surface area contributed by atoms with Gasteiger partial charge in [-0.2, -0.15) is 13.2 Å². The summed E-state index contributed by atoms with van der Waals surface area (Å²) in [5.41, 5.74) is 4.34. The fraction of sp³-hybridized carbons (Fsp3) is 0.333. The topological polar surface area (TPSA) is 76.2 Å². The molecular formula is C9H9F3N2O2S. The van der Waals surface area contributed by atoms with Gasteiger partial charge in [-0.15, -0.1) is 0 Å². The molecule has 0 bridgehead atoms. The summed E-state index contributed by atoms with van der Waals surface area (Å²) in [5.74, 6) is -1.13. The summed E-state index contributed by atoms with van der Waals surface area (Å²) in [6, 6.07) is 1.98. The maximum absolute atomic E-state index is 12.2. The van der Waals surface area contributed by atoms with Gasteiger partial charge in [0.1, 0.15) is 5.25 Å². The van der Waals surface area contributed by atoms with Crippen molar-refractivity contribution in [3.63, 3.8) is 0 Å². The largest absolute Gasteiger partial charge is 0.480 e. The number of nitrogens with zero attached hydrogens (tertiary/aromatic N) is 1. The monoisotopic (exact) mass is 266 g/mol. The minimum atomic E-state index is -4.45. The van der Waals surface area contributed by atoms with Crippen molar-refractivity contribution < 1.29 is 23.1 Å². The molecular weight excluding hydrogens is 257 g/mol. The molecule has 1 atom stereocenters. The molecule has 0 saturated heterocycles. The lowest BCUT2D eigenvalue weighted by Gasteiger charge is -2.09. The number of carbonyl (C=O) groups is 1. The molecule has 0 aromatic carbocycles. The van der Waals surface area contributed by atoms with Crippen LogP contribution in [-0.2, 0) is 11.0 Å².